The molecule has 1 heterocycles. The van der Waals surface area contributed by atoms with E-state index in [1.165, 1.54) is 0 Å². The van der Waals surface area contributed by atoms with Crippen LogP contribution < -0.4 is 9.47 Å². The summed E-state index contributed by atoms with van der Waals surface area (Å²) in [6, 6.07) is 7.40. The molecule has 1 aliphatic heterocycles. The molecule has 0 aliphatic carbocycles. The monoisotopic (exact) mass is 264 g/mol. The maximum Gasteiger partial charge on any atom is 0.190 e. The van der Waals surface area contributed by atoms with Crippen LogP contribution in [0.1, 0.15) is 26.7 Å². The number of para-hydroxylation sites is 2. The van der Waals surface area contributed by atoms with Gasteiger partial charge in [-0.3, -0.25) is 4.79 Å². The number of hydrogen-bond acceptors (Lipinski definition) is 4. The number of fused-ring (bicyclic) bond motifs is 1. The Bertz CT molecular complexity index is 453. The molecule has 1 aromatic carbocycles. The van der Waals surface area contributed by atoms with Crippen LogP contribution in [0.5, 0.6) is 11.5 Å². The smallest absolute Gasteiger partial charge is 0.190 e. The number of Topliss-reactive ketones (excluding diaryl/α,β-unsaturated/α-hetero) is 1. The van der Waals surface area contributed by atoms with Crippen LogP contribution in [-0.4, -0.2) is 31.2 Å². The Balaban J connectivity index is 1.92. The fourth-order valence-electron chi connectivity index (χ4n) is 1.87. The van der Waals surface area contributed by atoms with Crippen molar-refractivity contribution in [1.82, 2.24) is 0 Å². The van der Waals surface area contributed by atoms with Crippen molar-refractivity contribution in [3.8, 4) is 11.5 Å². The molecule has 1 aliphatic rings. The van der Waals surface area contributed by atoms with Crippen LogP contribution in [0.25, 0.3) is 0 Å². The minimum Gasteiger partial charge on any atom is -0.485 e. The third-order valence-electron chi connectivity index (χ3n) is 3.39. The van der Waals surface area contributed by atoms with Gasteiger partial charge >= 0.3 is 0 Å². The zero-order valence-corrected chi connectivity index (χ0v) is 11.6. The molecule has 0 amide bonds. The molecule has 104 valence electrons. The standard InChI is InChI=1S/C15H20O4/c1-15(2,17-3)9-8-11(16)14-10-18-12-6-4-5-7-13(12)19-14/h4-7,14H,8-10H2,1-3H3. The van der Waals surface area contributed by atoms with Gasteiger partial charge in [0.2, 0.25) is 0 Å². The van der Waals surface area contributed by atoms with E-state index in [9.17, 15) is 4.79 Å². The van der Waals surface area contributed by atoms with Crippen LogP contribution in [0.3, 0.4) is 0 Å². The van der Waals surface area contributed by atoms with Gasteiger partial charge < -0.3 is 14.2 Å². The Kier molecular flexibility index (Phi) is 4.10. The van der Waals surface area contributed by atoms with Crippen molar-refractivity contribution in [1.29, 1.82) is 0 Å². The van der Waals surface area contributed by atoms with Gasteiger partial charge in [-0.05, 0) is 32.4 Å². The van der Waals surface area contributed by atoms with E-state index in [1.807, 2.05) is 38.1 Å². The van der Waals surface area contributed by atoms with Gasteiger partial charge in [0, 0.05) is 13.5 Å². The van der Waals surface area contributed by atoms with E-state index in [-0.39, 0.29) is 18.0 Å². The normalized spacial score (nSPS) is 18.2. The van der Waals surface area contributed by atoms with Gasteiger partial charge in [-0.2, -0.15) is 0 Å². The molecule has 2 rings (SSSR count). The predicted molar refractivity (Wildman–Crippen MR) is 71.7 cm³/mol. The van der Waals surface area contributed by atoms with Crippen molar-refractivity contribution < 1.29 is 19.0 Å². The maximum atomic E-state index is 12.1. The maximum absolute atomic E-state index is 12.1. The number of ether oxygens (including phenoxy) is 3. The van der Waals surface area contributed by atoms with E-state index >= 15 is 0 Å². The summed E-state index contributed by atoms with van der Waals surface area (Å²) in [6.07, 6.45) is 0.587. The topological polar surface area (TPSA) is 44.8 Å². The largest absolute Gasteiger partial charge is 0.485 e. The molecule has 0 spiro atoms. The van der Waals surface area contributed by atoms with E-state index in [4.69, 9.17) is 14.2 Å². The minimum absolute atomic E-state index is 0.0552. The van der Waals surface area contributed by atoms with Gasteiger partial charge in [0.1, 0.15) is 6.61 Å². The Morgan fingerprint density at radius 2 is 2.05 bits per heavy atom. The second-order valence-electron chi connectivity index (χ2n) is 5.29. The Morgan fingerprint density at radius 3 is 2.74 bits per heavy atom. The molecule has 1 atom stereocenters. The summed E-state index contributed by atoms with van der Waals surface area (Å²) in [7, 11) is 1.65. The number of hydrogen-bond donors (Lipinski definition) is 0. The van der Waals surface area contributed by atoms with Crippen LogP contribution in [0.2, 0.25) is 0 Å². The summed E-state index contributed by atoms with van der Waals surface area (Å²) in [4.78, 5) is 12.1. The lowest BCUT2D eigenvalue weighted by Crippen LogP contribution is -2.37. The van der Waals surface area contributed by atoms with Crippen molar-refractivity contribution >= 4 is 5.78 Å². The SMILES string of the molecule is COC(C)(C)CCC(=O)C1COc2ccccc2O1. The van der Waals surface area contributed by atoms with E-state index in [2.05, 4.69) is 0 Å². The van der Waals surface area contributed by atoms with Crippen molar-refractivity contribution in [3.05, 3.63) is 24.3 Å². The molecule has 4 nitrogen and oxygen atoms in total. The Labute approximate surface area is 113 Å². The summed E-state index contributed by atoms with van der Waals surface area (Å²) in [5, 5.41) is 0. The number of rotatable bonds is 5. The van der Waals surface area contributed by atoms with Gasteiger partial charge in [-0.1, -0.05) is 12.1 Å². The number of carbonyl (C=O) groups is 1. The first-order valence-electron chi connectivity index (χ1n) is 6.48. The summed E-state index contributed by atoms with van der Waals surface area (Å²) in [5.74, 6) is 1.39. The molecule has 1 unspecified atom stereocenters. The second-order valence-corrected chi connectivity index (χ2v) is 5.29. The van der Waals surface area contributed by atoms with E-state index in [1.54, 1.807) is 7.11 Å². The van der Waals surface area contributed by atoms with Crippen LogP contribution in [0.4, 0.5) is 0 Å². The van der Waals surface area contributed by atoms with Crippen LogP contribution in [0, 0.1) is 0 Å². The third-order valence-corrected chi connectivity index (χ3v) is 3.39. The lowest BCUT2D eigenvalue weighted by Gasteiger charge is -2.27. The zero-order valence-electron chi connectivity index (χ0n) is 11.6. The Morgan fingerprint density at radius 1 is 1.37 bits per heavy atom. The summed E-state index contributed by atoms with van der Waals surface area (Å²) < 4.78 is 16.5. The van der Waals surface area contributed by atoms with Gasteiger partial charge in [-0.15, -0.1) is 0 Å². The molecule has 0 radical (unpaired) electrons. The fraction of sp³-hybridized carbons (Fsp3) is 0.533. The molecule has 4 heteroatoms. The van der Waals surface area contributed by atoms with Gasteiger partial charge in [0.25, 0.3) is 0 Å². The number of methoxy groups -OCH3 is 1. The van der Waals surface area contributed by atoms with Gasteiger partial charge in [-0.25, -0.2) is 0 Å². The van der Waals surface area contributed by atoms with Crippen LogP contribution in [0.15, 0.2) is 24.3 Å². The van der Waals surface area contributed by atoms with Crippen LogP contribution in [-0.2, 0) is 9.53 Å². The van der Waals surface area contributed by atoms with Crippen molar-refractivity contribution in [2.75, 3.05) is 13.7 Å². The summed E-state index contributed by atoms with van der Waals surface area (Å²) in [6.45, 7) is 4.21. The van der Waals surface area contributed by atoms with E-state index in [0.717, 1.165) is 0 Å². The van der Waals surface area contributed by atoms with E-state index in [0.29, 0.717) is 24.3 Å². The zero-order chi connectivity index (χ0) is 13.9. The average molecular weight is 264 g/mol. The van der Waals surface area contributed by atoms with Crippen molar-refractivity contribution in [2.24, 2.45) is 0 Å². The van der Waals surface area contributed by atoms with E-state index < -0.39 is 6.10 Å². The third kappa shape index (κ3) is 3.47. The minimum atomic E-state index is -0.512. The molecular weight excluding hydrogens is 244 g/mol. The number of carbonyl (C=O) groups excluding carboxylic acids is 1. The molecule has 0 saturated carbocycles. The molecule has 0 N–H and O–H groups in total. The molecule has 19 heavy (non-hydrogen) atoms. The average Bonchev–Trinajstić information content (AvgIpc) is 2.44. The van der Waals surface area contributed by atoms with Crippen molar-refractivity contribution in [2.45, 2.75) is 38.4 Å². The lowest BCUT2D eigenvalue weighted by molar-refractivity contribution is -0.129. The summed E-state index contributed by atoms with van der Waals surface area (Å²) >= 11 is 0. The Hall–Kier alpha value is -1.55. The van der Waals surface area contributed by atoms with Crippen LogP contribution >= 0.6 is 0 Å². The summed E-state index contributed by atoms with van der Waals surface area (Å²) in [5.41, 5.74) is -0.289. The predicted octanol–water partition coefficient (Wildman–Crippen LogP) is 2.60. The molecular formula is C15H20O4. The first kappa shape index (κ1) is 13.9. The quantitative estimate of drug-likeness (QED) is 0.820. The fourth-order valence-corrected chi connectivity index (χ4v) is 1.87. The first-order valence-corrected chi connectivity index (χ1v) is 6.48. The van der Waals surface area contributed by atoms with Crippen molar-refractivity contribution in [3.63, 3.8) is 0 Å². The highest BCUT2D eigenvalue weighted by Crippen LogP contribution is 2.31. The van der Waals surface area contributed by atoms with Gasteiger partial charge in [0.05, 0.1) is 5.60 Å². The first-order chi connectivity index (χ1) is 9.02. The number of ketones is 1. The lowest BCUT2D eigenvalue weighted by atomic mass is 9.99. The highest BCUT2D eigenvalue weighted by atomic mass is 16.6. The molecule has 0 saturated heterocycles. The second kappa shape index (κ2) is 5.61. The van der Waals surface area contributed by atoms with Gasteiger partial charge in [0.15, 0.2) is 23.4 Å². The number of benzene rings is 1. The highest BCUT2D eigenvalue weighted by molar-refractivity contribution is 5.84. The highest BCUT2D eigenvalue weighted by Gasteiger charge is 2.28. The molecule has 0 aromatic heterocycles. The molecule has 1 aromatic rings. The molecule has 0 fully saturated rings. The molecule has 0 bridgehead atoms.